The molecule has 0 bridgehead atoms. The van der Waals surface area contributed by atoms with Crippen LogP contribution in [-0.4, -0.2) is 41.7 Å². The van der Waals surface area contributed by atoms with E-state index >= 15 is 0 Å². The van der Waals surface area contributed by atoms with Crippen molar-refractivity contribution in [2.45, 2.75) is 31.6 Å². The number of unbranched alkanes of at least 4 members (excludes halogenated alkanes) is 1. The van der Waals surface area contributed by atoms with Crippen molar-refractivity contribution in [2.24, 2.45) is 0 Å². The third kappa shape index (κ3) is 5.10. The molecular formula is C21H24N4O3S2. The van der Waals surface area contributed by atoms with Crippen LogP contribution in [0.15, 0.2) is 59.1 Å². The largest absolute Gasteiger partial charge is 0.298 e. The summed E-state index contributed by atoms with van der Waals surface area (Å²) in [5, 5.41) is 5.07. The average molecular weight is 445 g/mol. The minimum absolute atomic E-state index is 0.185. The third-order valence-corrected chi connectivity index (χ3v) is 7.30. The molecule has 0 atom stereocenters. The molecule has 0 fully saturated rings. The van der Waals surface area contributed by atoms with Gasteiger partial charge in [0, 0.05) is 42.0 Å². The third-order valence-electron chi connectivity index (χ3n) is 4.55. The van der Waals surface area contributed by atoms with Gasteiger partial charge in [-0.25, -0.2) is 13.4 Å². The minimum Gasteiger partial charge on any atom is -0.298 e. The molecule has 2 heterocycles. The molecule has 0 spiro atoms. The second kappa shape index (κ2) is 9.92. The molecular weight excluding hydrogens is 420 g/mol. The molecule has 158 valence electrons. The molecule has 0 aliphatic rings. The first-order valence-electron chi connectivity index (χ1n) is 9.73. The SMILES string of the molecule is CCCCN(CC)S(=O)(=O)c1ccc(C(=O)Nc2nc(-c3cccnc3)cs2)cc1. The van der Waals surface area contributed by atoms with Gasteiger partial charge in [-0.15, -0.1) is 11.3 Å². The summed E-state index contributed by atoms with van der Waals surface area (Å²) in [6.45, 7) is 4.74. The second-order valence-electron chi connectivity index (χ2n) is 6.61. The van der Waals surface area contributed by atoms with Crippen LogP contribution in [0.5, 0.6) is 0 Å². The van der Waals surface area contributed by atoms with Crippen LogP contribution >= 0.6 is 11.3 Å². The smallest absolute Gasteiger partial charge is 0.257 e. The van der Waals surface area contributed by atoms with Crippen molar-refractivity contribution in [3.05, 3.63) is 59.7 Å². The van der Waals surface area contributed by atoms with Gasteiger partial charge in [0.25, 0.3) is 5.91 Å². The Morgan fingerprint density at radius 1 is 1.17 bits per heavy atom. The molecule has 0 saturated heterocycles. The number of hydrogen-bond acceptors (Lipinski definition) is 6. The number of rotatable bonds is 9. The Morgan fingerprint density at radius 3 is 2.57 bits per heavy atom. The first-order valence-corrected chi connectivity index (χ1v) is 12.0. The first kappa shape index (κ1) is 22.1. The van der Waals surface area contributed by atoms with Crippen molar-refractivity contribution in [1.29, 1.82) is 0 Å². The van der Waals surface area contributed by atoms with Gasteiger partial charge in [-0.2, -0.15) is 4.31 Å². The molecule has 0 saturated carbocycles. The van der Waals surface area contributed by atoms with Crippen LogP contribution in [0.4, 0.5) is 5.13 Å². The summed E-state index contributed by atoms with van der Waals surface area (Å²) in [5.74, 6) is -0.343. The lowest BCUT2D eigenvalue weighted by Crippen LogP contribution is -2.31. The first-order chi connectivity index (χ1) is 14.5. The molecule has 9 heteroatoms. The van der Waals surface area contributed by atoms with Crippen LogP contribution in [0.3, 0.4) is 0 Å². The Labute approximate surface area is 180 Å². The van der Waals surface area contributed by atoms with Crippen LogP contribution in [0.25, 0.3) is 11.3 Å². The molecule has 1 N–H and O–H groups in total. The Morgan fingerprint density at radius 2 is 1.93 bits per heavy atom. The summed E-state index contributed by atoms with van der Waals surface area (Å²) >= 11 is 1.32. The number of aromatic nitrogens is 2. The highest BCUT2D eigenvalue weighted by Gasteiger charge is 2.22. The summed E-state index contributed by atoms with van der Waals surface area (Å²) in [7, 11) is -3.57. The Bertz CT molecular complexity index is 1080. The molecule has 0 aliphatic heterocycles. The van der Waals surface area contributed by atoms with E-state index in [1.807, 2.05) is 31.4 Å². The van der Waals surface area contributed by atoms with Crippen LogP contribution in [0.1, 0.15) is 37.0 Å². The highest BCUT2D eigenvalue weighted by atomic mass is 32.2. The van der Waals surface area contributed by atoms with Crippen molar-refractivity contribution in [3.8, 4) is 11.3 Å². The number of nitrogens with zero attached hydrogens (tertiary/aromatic N) is 3. The molecule has 7 nitrogen and oxygen atoms in total. The van der Waals surface area contributed by atoms with Crippen LogP contribution < -0.4 is 5.32 Å². The number of anilines is 1. The zero-order valence-corrected chi connectivity index (χ0v) is 18.5. The molecule has 2 aromatic heterocycles. The monoisotopic (exact) mass is 444 g/mol. The zero-order valence-electron chi connectivity index (χ0n) is 16.9. The van der Waals surface area contributed by atoms with Crippen LogP contribution in [-0.2, 0) is 10.0 Å². The number of benzene rings is 1. The van der Waals surface area contributed by atoms with E-state index in [-0.39, 0.29) is 10.8 Å². The van der Waals surface area contributed by atoms with E-state index in [9.17, 15) is 13.2 Å². The van der Waals surface area contributed by atoms with Gasteiger partial charge in [0.05, 0.1) is 10.6 Å². The van der Waals surface area contributed by atoms with Gasteiger partial charge in [-0.3, -0.25) is 15.1 Å². The Hall–Kier alpha value is -2.62. The number of nitrogens with one attached hydrogen (secondary N) is 1. The fourth-order valence-electron chi connectivity index (χ4n) is 2.86. The average Bonchev–Trinajstić information content (AvgIpc) is 3.23. The Kier molecular flexibility index (Phi) is 7.30. The number of sulfonamides is 1. The number of hydrogen-bond donors (Lipinski definition) is 1. The number of amides is 1. The second-order valence-corrected chi connectivity index (χ2v) is 9.40. The fourth-order valence-corrected chi connectivity index (χ4v) is 5.06. The number of thiazole rings is 1. The lowest BCUT2D eigenvalue weighted by atomic mass is 10.2. The number of carbonyl (C=O) groups excluding carboxylic acids is 1. The summed E-state index contributed by atoms with van der Waals surface area (Å²) in [4.78, 5) is 21.2. The molecule has 0 aliphatic carbocycles. The van der Waals surface area contributed by atoms with E-state index in [1.165, 1.54) is 39.9 Å². The van der Waals surface area contributed by atoms with Gasteiger partial charge in [-0.1, -0.05) is 20.3 Å². The van der Waals surface area contributed by atoms with Crippen molar-refractivity contribution in [1.82, 2.24) is 14.3 Å². The van der Waals surface area contributed by atoms with Crippen LogP contribution in [0, 0.1) is 0 Å². The predicted molar refractivity (Wildman–Crippen MR) is 119 cm³/mol. The van der Waals surface area contributed by atoms with Gasteiger partial charge in [-0.05, 0) is 42.8 Å². The molecule has 3 rings (SSSR count). The lowest BCUT2D eigenvalue weighted by molar-refractivity contribution is 0.102. The quantitative estimate of drug-likeness (QED) is 0.532. The summed E-state index contributed by atoms with van der Waals surface area (Å²) < 4.78 is 27.0. The van der Waals surface area contributed by atoms with Gasteiger partial charge < -0.3 is 0 Å². The highest BCUT2D eigenvalue weighted by molar-refractivity contribution is 7.89. The molecule has 1 aromatic carbocycles. The van der Waals surface area contributed by atoms with Gasteiger partial charge in [0.1, 0.15) is 0 Å². The van der Waals surface area contributed by atoms with Crippen molar-refractivity contribution in [3.63, 3.8) is 0 Å². The van der Waals surface area contributed by atoms with E-state index in [4.69, 9.17) is 0 Å². The fraction of sp³-hybridized carbons (Fsp3) is 0.286. The molecule has 3 aromatic rings. The maximum Gasteiger partial charge on any atom is 0.257 e. The molecule has 0 unspecified atom stereocenters. The van der Waals surface area contributed by atoms with Crippen molar-refractivity contribution < 1.29 is 13.2 Å². The summed E-state index contributed by atoms with van der Waals surface area (Å²) in [6, 6.07) is 9.71. The van der Waals surface area contributed by atoms with E-state index in [1.54, 1.807) is 12.4 Å². The van der Waals surface area contributed by atoms with Gasteiger partial charge >= 0.3 is 0 Å². The highest BCUT2D eigenvalue weighted by Crippen LogP contribution is 2.25. The summed E-state index contributed by atoms with van der Waals surface area (Å²) in [6.07, 6.45) is 5.12. The Balaban J connectivity index is 1.70. The van der Waals surface area contributed by atoms with E-state index in [0.29, 0.717) is 23.8 Å². The molecule has 1 amide bonds. The standard InChI is InChI=1S/C21H24N4O3S2/c1-3-5-13-25(4-2)30(27,28)18-10-8-16(9-11-18)20(26)24-21-23-19(15-29-21)17-7-6-12-22-14-17/h6-12,14-15H,3-5,13H2,1-2H3,(H,23,24,26). The normalized spacial score (nSPS) is 11.6. The van der Waals surface area contributed by atoms with Crippen LogP contribution in [0.2, 0.25) is 0 Å². The predicted octanol–water partition coefficient (Wildman–Crippen LogP) is 4.27. The van der Waals surface area contributed by atoms with Gasteiger partial charge in [0.15, 0.2) is 5.13 Å². The molecule has 30 heavy (non-hydrogen) atoms. The maximum atomic E-state index is 12.8. The van der Waals surface area contributed by atoms with E-state index in [0.717, 1.165) is 24.1 Å². The summed E-state index contributed by atoms with van der Waals surface area (Å²) in [5.41, 5.74) is 1.97. The van der Waals surface area contributed by atoms with Crippen molar-refractivity contribution in [2.75, 3.05) is 18.4 Å². The number of pyridine rings is 1. The minimum atomic E-state index is -3.57. The van der Waals surface area contributed by atoms with Gasteiger partial charge in [0.2, 0.25) is 10.0 Å². The van der Waals surface area contributed by atoms with E-state index < -0.39 is 10.0 Å². The lowest BCUT2D eigenvalue weighted by Gasteiger charge is -2.20. The number of carbonyl (C=O) groups is 1. The maximum absolute atomic E-state index is 12.8. The zero-order chi connectivity index (χ0) is 21.6. The van der Waals surface area contributed by atoms with Crippen molar-refractivity contribution >= 4 is 32.4 Å². The topological polar surface area (TPSA) is 92.3 Å². The van der Waals surface area contributed by atoms with E-state index in [2.05, 4.69) is 15.3 Å². The molecule has 0 radical (unpaired) electrons.